The van der Waals surface area contributed by atoms with E-state index in [1.807, 2.05) is 67.5 Å². The van der Waals surface area contributed by atoms with Crippen molar-refractivity contribution in [3.63, 3.8) is 0 Å². The Bertz CT molecular complexity index is 1100. The standard InChI is InChI=1S/C40H62.C4H10.C4H8.4C2H6/c1-12-18-36(23-22-32(9)15-4)38-26-24-37(25-27-38)35(16-5)29-40(33(10)21-17-20-31(8)14-3)39(19-13-2)34(11)28-30(6)7;2*1-3-4-2;4*1-2/h13,16,19,24-32,36H,2,10,12,14-15,17-18,20-23H2,1,3-9,11H3;3-4H2,1-2H3;3H,1,4H2,2H3;4*1-2H3/b34-28-,35-16+,39-19+,40-29+;;;;;;. The highest BCUT2D eigenvalue weighted by molar-refractivity contribution is 5.78. The van der Waals surface area contributed by atoms with Crippen LogP contribution in [0.1, 0.15) is 233 Å². The predicted octanol–water partition coefficient (Wildman–Crippen LogP) is 20.7. The van der Waals surface area contributed by atoms with Gasteiger partial charge in [-0.05, 0) is 115 Å². The zero-order valence-electron chi connectivity index (χ0n) is 42.2. The largest absolute Gasteiger partial charge is 0.103 e. The molecule has 3 atom stereocenters. The van der Waals surface area contributed by atoms with Gasteiger partial charge in [0.2, 0.25) is 0 Å². The Morgan fingerprint density at radius 1 is 0.661 bits per heavy atom. The first-order valence-electron chi connectivity index (χ1n) is 23.7. The molecule has 1 aromatic carbocycles. The second-order valence-corrected chi connectivity index (χ2v) is 14.1. The second kappa shape index (κ2) is 50.4. The Hall–Kier alpha value is -2.60. The summed E-state index contributed by atoms with van der Waals surface area (Å²) in [5, 5.41) is 0. The molecule has 328 valence electrons. The average molecular weight is 777 g/mol. The first-order valence-corrected chi connectivity index (χ1v) is 23.7. The number of rotatable bonds is 21. The summed E-state index contributed by atoms with van der Waals surface area (Å²) in [4.78, 5) is 0. The third kappa shape index (κ3) is 35.8. The van der Waals surface area contributed by atoms with Crippen molar-refractivity contribution in [2.24, 2.45) is 17.8 Å². The first kappa shape index (κ1) is 65.3. The summed E-state index contributed by atoms with van der Waals surface area (Å²) >= 11 is 0. The molecule has 0 aromatic heterocycles. The van der Waals surface area contributed by atoms with Crippen LogP contribution < -0.4 is 0 Å². The van der Waals surface area contributed by atoms with Crippen molar-refractivity contribution in [3.05, 3.63) is 114 Å². The predicted molar refractivity (Wildman–Crippen MR) is 270 cm³/mol. The SMILES string of the molecule is C=C/C=C(C(\C)=C/C(C)C)/C(=C/C(=C\C)c1ccc(C(CCC)CCC(C)CC)cc1)C(=C)CCCC(C)CC.C=CCC.CC.CC.CC.CC.CCCC. The van der Waals surface area contributed by atoms with E-state index in [2.05, 4.69) is 151 Å². The average Bonchev–Trinajstić information content (AvgIpc) is 3.24. The monoisotopic (exact) mass is 777 g/mol. The summed E-state index contributed by atoms with van der Waals surface area (Å²) in [5.41, 5.74) is 9.01. The molecule has 0 heteroatoms. The van der Waals surface area contributed by atoms with Crippen LogP contribution in [0, 0.1) is 17.8 Å². The Morgan fingerprint density at radius 2 is 1.14 bits per heavy atom. The highest BCUT2D eigenvalue weighted by Gasteiger charge is 2.15. The van der Waals surface area contributed by atoms with E-state index in [0.29, 0.717) is 11.8 Å². The lowest BCUT2D eigenvalue weighted by Crippen LogP contribution is -2.03. The molecule has 0 amide bonds. The van der Waals surface area contributed by atoms with E-state index >= 15 is 0 Å². The first-order chi connectivity index (χ1) is 26.9. The van der Waals surface area contributed by atoms with E-state index in [1.54, 1.807) is 0 Å². The van der Waals surface area contributed by atoms with Crippen LogP contribution >= 0.6 is 0 Å². The fourth-order valence-electron chi connectivity index (χ4n) is 5.47. The van der Waals surface area contributed by atoms with Crippen molar-refractivity contribution in [3.8, 4) is 0 Å². The van der Waals surface area contributed by atoms with Crippen LogP contribution in [0.3, 0.4) is 0 Å². The van der Waals surface area contributed by atoms with Gasteiger partial charge in [-0.15, -0.1) is 6.58 Å². The molecule has 56 heavy (non-hydrogen) atoms. The molecule has 3 unspecified atom stereocenters. The normalized spacial score (nSPS) is 12.7. The van der Waals surface area contributed by atoms with Gasteiger partial charge < -0.3 is 0 Å². The quantitative estimate of drug-likeness (QED) is 0.0862. The molecule has 0 aliphatic carbocycles. The minimum Gasteiger partial charge on any atom is -0.103 e. The van der Waals surface area contributed by atoms with Gasteiger partial charge in [0.1, 0.15) is 0 Å². The number of unbranched alkanes of at least 4 members (excludes halogenated alkanes) is 1. The van der Waals surface area contributed by atoms with Crippen LogP contribution in [0.15, 0.2) is 103 Å². The molecule has 0 heterocycles. The maximum Gasteiger partial charge on any atom is -0.0149 e. The zero-order valence-corrected chi connectivity index (χ0v) is 42.2. The summed E-state index contributed by atoms with van der Waals surface area (Å²) in [5.74, 6) is 2.71. The van der Waals surface area contributed by atoms with Crippen molar-refractivity contribution in [1.82, 2.24) is 0 Å². The van der Waals surface area contributed by atoms with Crippen LogP contribution in [0.5, 0.6) is 0 Å². The molecule has 0 radical (unpaired) electrons. The molecule has 0 aliphatic rings. The number of allylic oxidation sites excluding steroid dienone is 11. The topological polar surface area (TPSA) is 0 Å². The van der Waals surface area contributed by atoms with Crippen molar-refractivity contribution in [2.75, 3.05) is 0 Å². The maximum absolute atomic E-state index is 4.62. The lowest BCUT2D eigenvalue weighted by molar-refractivity contribution is 0.445. The molecule has 0 N–H and O–H groups in total. The molecular formula is C56H104. The van der Waals surface area contributed by atoms with Gasteiger partial charge in [0.15, 0.2) is 0 Å². The minimum atomic E-state index is 0.484. The summed E-state index contributed by atoms with van der Waals surface area (Å²) in [7, 11) is 0. The van der Waals surface area contributed by atoms with E-state index in [0.717, 1.165) is 24.7 Å². The highest BCUT2D eigenvalue weighted by Crippen LogP contribution is 2.34. The van der Waals surface area contributed by atoms with E-state index in [-0.39, 0.29) is 0 Å². The molecule has 0 nitrogen and oxygen atoms in total. The van der Waals surface area contributed by atoms with Gasteiger partial charge in [-0.2, -0.15) is 0 Å². The minimum absolute atomic E-state index is 0.484. The maximum atomic E-state index is 4.62. The number of benzene rings is 1. The van der Waals surface area contributed by atoms with Gasteiger partial charge in [0, 0.05) is 0 Å². The number of hydrogen-bond donors (Lipinski definition) is 0. The van der Waals surface area contributed by atoms with Crippen LogP contribution in [-0.2, 0) is 0 Å². The molecular weight excluding hydrogens is 673 g/mol. The van der Waals surface area contributed by atoms with Crippen molar-refractivity contribution >= 4 is 5.57 Å². The fourth-order valence-corrected chi connectivity index (χ4v) is 5.47. The van der Waals surface area contributed by atoms with Gasteiger partial charge in [0.25, 0.3) is 0 Å². The molecule has 0 saturated heterocycles. The summed E-state index contributed by atoms with van der Waals surface area (Å²) in [6, 6.07) is 9.44. The molecule has 0 aliphatic heterocycles. The lowest BCUT2D eigenvalue weighted by Gasteiger charge is -2.20. The molecule has 0 bridgehead atoms. The van der Waals surface area contributed by atoms with Crippen LogP contribution in [-0.4, -0.2) is 0 Å². The zero-order chi connectivity index (χ0) is 44.9. The van der Waals surface area contributed by atoms with Crippen LogP contribution in [0.2, 0.25) is 0 Å². The summed E-state index contributed by atoms with van der Waals surface area (Å²) < 4.78 is 0. The van der Waals surface area contributed by atoms with Crippen molar-refractivity contribution in [2.45, 2.75) is 221 Å². The lowest BCUT2D eigenvalue weighted by atomic mass is 9.85. The molecule has 0 saturated carbocycles. The molecule has 0 spiro atoms. The Kier molecular flexibility index (Phi) is 58.8. The highest BCUT2D eigenvalue weighted by atomic mass is 14.2. The van der Waals surface area contributed by atoms with E-state index < -0.39 is 0 Å². The summed E-state index contributed by atoms with van der Waals surface area (Å²) in [6.07, 6.45) is 27.7. The fraction of sp³-hybridized carbons (Fsp3) is 0.643. The van der Waals surface area contributed by atoms with Gasteiger partial charge in [-0.3, -0.25) is 0 Å². The van der Waals surface area contributed by atoms with E-state index in [4.69, 9.17) is 0 Å². The van der Waals surface area contributed by atoms with Gasteiger partial charge in [-0.1, -0.05) is 237 Å². The van der Waals surface area contributed by atoms with Crippen molar-refractivity contribution < 1.29 is 0 Å². The third-order valence-electron chi connectivity index (χ3n) is 9.29. The van der Waals surface area contributed by atoms with E-state index in [1.165, 1.54) is 103 Å². The van der Waals surface area contributed by atoms with Gasteiger partial charge in [0.05, 0.1) is 0 Å². The molecule has 0 fully saturated rings. The molecule has 1 aromatic rings. The Morgan fingerprint density at radius 3 is 1.52 bits per heavy atom. The van der Waals surface area contributed by atoms with Gasteiger partial charge in [-0.25, -0.2) is 0 Å². The smallest absolute Gasteiger partial charge is 0.0149 e. The Balaban J connectivity index is -0.000000336. The summed E-state index contributed by atoms with van der Waals surface area (Å²) in [6.45, 7) is 55.1. The molecule has 1 rings (SSSR count). The van der Waals surface area contributed by atoms with Crippen molar-refractivity contribution in [1.29, 1.82) is 0 Å². The van der Waals surface area contributed by atoms with Crippen LogP contribution in [0.25, 0.3) is 5.57 Å². The Labute approximate surface area is 357 Å². The third-order valence-corrected chi connectivity index (χ3v) is 9.29. The van der Waals surface area contributed by atoms with Crippen LogP contribution in [0.4, 0.5) is 0 Å². The van der Waals surface area contributed by atoms with Gasteiger partial charge >= 0.3 is 0 Å². The van der Waals surface area contributed by atoms with E-state index in [9.17, 15) is 0 Å². The second-order valence-electron chi connectivity index (χ2n) is 14.1. The number of hydrogen-bond acceptors (Lipinski definition) is 0.